The molecule has 0 unspecified atom stereocenters. The van der Waals surface area contributed by atoms with E-state index >= 15 is 0 Å². The fraction of sp³-hybridized carbons (Fsp3) is 0.778. The number of ether oxygens (including phenoxy) is 1. The Morgan fingerprint density at radius 3 is 2.72 bits per heavy atom. The van der Waals surface area contributed by atoms with Gasteiger partial charge in [0.15, 0.2) is 0 Å². The van der Waals surface area contributed by atoms with E-state index < -0.39 is 6.10 Å². The number of aryl methyl sites for hydroxylation is 1. The average Bonchev–Trinajstić information content (AvgIpc) is 3.02. The molecular weight excluding hydrogens is 356 g/mol. The van der Waals surface area contributed by atoms with Crippen LogP contribution in [0.2, 0.25) is 0 Å². The first kappa shape index (κ1) is 19.1. The van der Waals surface area contributed by atoms with Gasteiger partial charge in [-0.05, 0) is 51.9 Å². The van der Waals surface area contributed by atoms with Crippen LogP contribution in [0.1, 0.15) is 50.6 Å². The maximum atomic E-state index is 12.5. The van der Waals surface area contributed by atoms with Gasteiger partial charge in [-0.1, -0.05) is 11.8 Å². The highest BCUT2D eigenvalue weighted by Gasteiger charge is 2.34. The lowest BCUT2D eigenvalue weighted by atomic mass is 9.84. The number of aliphatic hydroxyl groups excluding tert-OH is 1. The predicted octanol–water partition coefficient (Wildman–Crippen LogP) is 3.15. The molecule has 0 aromatic carbocycles. The maximum absolute atomic E-state index is 12.5. The van der Waals surface area contributed by atoms with Crippen LogP contribution in [0.5, 0.6) is 0 Å². The van der Waals surface area contributed by atoms with Gasteiger partial charge in [-0.15, -0.1) is 11.3 Å². The van der Waals surface area contributed by atoms with Gasteiger partial charge in [0.1, 0.15) is 4.34 Å². The lowest BCUT2D eigenvalue weighted by molar-refractivity contribution is -0.131. The number of hydrogen-bond donors (Lipinski definition) is 2. The molecule has 1 aromatic heterocycles. The molecule has 7 heteroatoms. The molecule has 2 fully saturated rings. The molecule has 140 valence electrons. The van der Waals surface area contributed by atoms with Crippen molar-refractivity contribution >= 4 is 29.0 Å². The molecule has 0 bridgehead atoms. The number of hydrogen-bond acceptors (Lipinski definition) is 6. The van der Waals surface area contributed by atoms with Gasteiger partial charge in [-0.2, -0.15) is 0 Å². The Bertz CT molecular complexity index is 572. The minimum Gasteiger partial charge on any atom is -0.390 e. The van der Waals surface area contributed by atoms with Crippen LogP contribution < -0.4 is 5.32 Å². The molecule has 0 aliphatic heterocycles. The van der Waals surface area contributed by atoms with Crippen LogP contribution in [0.15, 0.2) is 9.72 Å². The second kappa shape index (κ2) is 8.84. The highest BCUT2D eigenvalue weighted by molar-refractivity contribution is 8.01. The Balaban J connectivity index is 1.42. The molecule has 2 N–H and O–H groups in total. The van der Waals surface area contributed by atoms with Crippen molar-refractivity contribution in [2.45, 2.75) is 79.7 Å². The van der Waals surface area contributed by atoms with Crippen molar-refractivity contribution in [3.05, 3.63) is 11.1 Å². The van der Waals surface area contributed by atoms with Crippen LogP contribution in [0.3, 0.4) is 0 Å². The van der Waals surface area contributed by atoms with Gasteiger partial charge in [-0.25, -0.2) is 4.98 Å². The summed E-state index contributed by atoms with van der Waals surface area (Å²) in [4.78, 5) is 17.1. The average molecular weight is 385 g/mol. The molecule has 0 saturated heterocycles. The lowest BCUT2D eigenvalue weighted by Gasteiger charge is -2.34. The van der Waals surface area contributed by atoms with Crippen LogP contribution in [-0.4, -0.2) is 46.6 Å². The summed E-state index contributed by atoms with van der Waals surface area (Å²) in [5.41, 5.74) is 1.10. The highest BCUT2D eigenvalue weighted by Crippen LogP contribution is 2.35. The zero-order valence-electron chi connectivity index (χ0n) is 14.9. The third-order valence-corrected chi connectivity index (χ3v) is 7.74. The number of carbonyl (C=O) groups is 1. The molecule has 0 spiro atoms. The first-order chi connectivity index (χ1) is 12.0. The minimum absolute atomic E-state index is 0.0289. The van der Waals surface area contributed by atoms with E-state index in [0.29, 0.717) is 18.1 Å². The highest BCUT2D eigenvalue weighted by atomic mass is 32.2. The van der Waals surface area contributed by atoms with E-state index in [1.165, 1.54) is 0 Å². The van der Waals surface area contributed by atoms with Crippen molar-refractivity contribution in [1.29, 1.82) is 0 Å². The van der Waals surface area contributed by atoms with Crippen LogP contribution in [0, 0.1) is 12.8 Å². The molecule has 3 rings (SSSR count). The normalized spacial score (nSPS) is 33.2. The summed E-state index contributed by atoms with van der Waals surface area (Å²) in [6, 6.07) is 0.287. The van der Waals surface area contributed by atoms with Crippen LogP contribution >= 0.6 is 23.1 Å². The largest absolute Gasteiger partial charge is 0.390 e. The third-order valence-electron chi connectivity index (χ3n) is 5.32. The summed E-state index contributed by atoms with van der Waals surface area (Å²) in [6.45, 7) is 2.03. The van der Waals surface area contributed by atoms with Crippen LogP contribution in [0.25, 0.3) is 0 Å². The standard InChI is InChI=1S/C18H28N2O3S2/c1-11-10-24-18(19-11)25-14-6-4-13(5-7-14)20-17(22)12-3-8-15(21)16(9-12)23-2/h10,12-16,21H,3-9H2,1-2H3,(H,20,22)/t12-,13?,14?,15+,16-/m0/s1. The number of carbonyl (C=O) groups excluding carboxylic acids is 1. The molecule has 2 saturated carbocycles. The Morgan fingerprint density at radius 2 is 2.08 bits per heavy atom. The quantitative estimate of drug-likeness (QED) is 0.816. The zero-order chi connectivity index (χ0) is 17.8. The topological polar surface area (TPSA) is 71.5 Å². The number of nitrogens with one attached hydrogen (secondary N) is 1. The first-order valence-electron chi connectivity index (χ1n) is 9.15. The Kier molecular flexibility index (Phi) is 6.77. The van der Waals surface area contributed by atoms with Crippen molar-refractivity contribution in [3.63, 3.8) is 0 Å². The molecule has 25 heavy (non-hydrogen) atoms. The number of methoxy groups -OCH3 is 1. The number of nitrogens with zero attached hydrogens (tertiary/aromatic N) is 1. The van der Waals surface area contributed by atoms with Gasteiger partial charge >= 0.3 is 0 Å². The van der Waals surface area contributed by atoms with Gasteiger partial charge in [0.2, 0.25) is 5.91 Å². The monoisotopic (exact) mass is 384 g/mol. The number of aliphatic hydroxyl groups is 1. The van der Waals surface area contributed by atoms with Crippen molar-refractivity contribution < 1.29 is 14.6 Å². The number of aromatic nitrogens is 1. The van der Waals surface area contributed by atoms with E-state index in [9.17, 15) is 9.90 Å². The van der Waals surface area contributed by atoms with Crippen molar-refractivity contribution in [2.24, 2.45) is 5.92 Å². The Morgan fingerprint density at radius 1 is 1.32 bits per heavy atom. The van der Waals surface area contributed by atoms with Gasteiger partial charge in [0, 0.05) is 35.4 Å². The molecular formula is C18H28N2O3S2. The maximum Gasteiger partial charge on any atom is 0.223 e. The fourth-order valence-electron chi connectivity index (χ4n) is 3.78. The summed E-state index contributed by atoms with van der Waals surface area (Å²) in [5.74, 6) is 0.111. The van der Waals surface area contributed by atoms with E-state index in [0.717, 1.165) is 42.1 Å². The van der Waals surface area contributed by atoms with E-state index in [1.54, 1.807) is 18.4 Å². The summed E-state index contributed by atoms with van der Waals surface area (Å²) in [6.07, 6.45) is 5.70. The smallest absolute Gasteiger partial charge is 0.223 e. The van der Waals surface area contributed by atoms with Crippen LogP contribution in [-0.2, 0) is 9.53 Å². The van der Waals surface area contributed by atoms with Gasteiger partial charge in [-0.3, -0.25) is 4.79 Å². The van der Waals surface area contributed by atoms with Gasteiger partial charge in [0.25, 0.3) is 0 Å². The molecule has 0 radical (unpaired) electrons. The zero-order valence-corrected chi connectivity index (χ0v) is 16.6. The summed E-state index contributed by atoms with van der Waals surface area (Å²) >= 11 is 3.61. The second-order valence-corrected chi connectivity index (χ2v) is 9.61. The molecule has 1 aromatic rings. The van der Waals surface area contributed by atoms with E-state index in [2.05, 4.69) is 15.7 Å². The van der Waals surface area contributed by atoms with E-state index in [1.807, 2.05) is 18.7 Å². The van der Waals surface area contributed by atoms with Crippen LogP contribution in [0.4, 0.5) is 0 Å². The summed E-state index contributed by atoms with van der Waals surface area (Å²) in [7, 11) is 1.61. The number of amides is 1. The van der Waals surface area contributed by atoms with Crippen molar-refractivity contribution in [1.82, 2.24) is 10.3 Å². The Labute approximate surface area is 157 Å². The lowest BCUT2D eigenvalue weighted by Crippen LogP contribution is -2.45. The minimum atomic E-state index is -0.434. The molecule has 3 atom stereocenters. The summed E-state index contributed by atoms with van der Waals surface area (Å²) < 4.78 is 6.47. The van der Waals surface area contributed by atoms with Gasteiger partial charge < -0.3 is 15.2 Å². The number of rotatable bonds is 5. The Hall–Kier alpha value is -0.630. The fourth-order valence-corrected chi connectivity index (χ4v) is 6.06. The van der Waals surface area contributed by atoms with Crippen molar-refractivity contribution in [2.75, 3.05) is 7.11 Å². The van der Waals surface area contributed by atoms with E-state index in [4.69, 9.17) is 4.74 Å². The second-order valence-electron chi connectivity index (χ2n) is 7.21. The number of thioether (sulfide) groups is 1. The SMILES string of the molecule is CO[C@H]1C[C@@H](C(=O)NC2CCC(Sc3nc(C)cs3)CC2)CC[C@H]1O. The van der Waals surface area contributed by atoms with E-state index in [-0.39, 0.29) is 24.0 Å². The van der Waals surface area contributed by atoms with Crippen molar-refractivity contribution in [3.8, 4) is 0 Å². The number of thiazole rings is 1. The molecule has 2 aliphatic carbocycles. The molecule has 2 aliphatic rings. The molecule has 1 amide bonds. The summed E-state index contributed by atoms with van der Waals surface area (Å²) in [5, 5.41) is 15.8. The third kappa shape index (κ3) is 5.18. The molecule has 1 heterocycles. The predicted molar refractivity (Wildman–Crippen MR) is 101 cm³/mol. The molecule has 5 nitrogen and oxygen atoms in total. The first-order valence-corrected chi connectivity index (χ1v) is 10.9. The van der Waals surface area contributed by atoms with Gasteiger partial charge in [0.05, 0.1) is 12.2 Å².